The van der Waals surface area contributed by atoms with Crippen LogP contribution in [-0.2, 0) is 0 Å². The summed E-state index contributed by atoms with van der Waals surface area (Å²) in [7, 11) is 0. The molecule has 1 aliphatic carbocycles. The molecular weight excluding hydrogens is 251 g/mol. The third-order valence-electron chi connectivity index (χ3n) is 2.34. The fourth-order valence-corrected chi connectivity index (χ4v) is 2.23. The molecule has 0 radical (unpaired) electrons. The van der Waals surface area contributed by atoms with Gasteiger partial charge in [-0.05, 0) is 16.4 Å². The number of hydrogen-bond acceptors (Lipinski definition) is 1. The maximum Gasteiger partial charge on any atom is 0.0730 e. The number of aliphatic hydroxyl groups excluding tert-OH is 1. The molecule has 0 aromatic carbocycles. The highest BCUT2D eigenvalue weighted by Crippen LogP contribution is 2.28. The van der Waals surface area contributed by atoms with Crippen molar-refractivity contribution in [1.29, 1.82) is 0 Å². The second-order valence-electron chi connectivity index (χ2n) is 3.27. The summed E-state index contributed by atoms with van der Waals surface area (Å²) in [6.07, 6.45) is 8.03. The van der Waals surface area contributed by atoms with E-state index in [1.165, 1.54) is 25.7 Å². The average molecular weight is 266 g/mol. The van der Waals surface area contributed by atoms with E-state index in [4.69, 9.17) is 0 Å². The Hall–Kier alpha value is 0.430. The Kier molecular flexibility index (Phi) is 4.45. The van der Waals surface area contributed by atoms with Gasteiger partial charge in [0.15, 0.2) is 0 Å². The Bertz CT molecular complexity index is 128. The first-order valence-electron chi connectivity index (χ1n) is 4.28. The summed E-state index contributed by atoms with van der Waals surface area (Å²) < 4.78 is 1.90. The lowest BCUT2D eigenvalue weighted by molar-refractivity contribution is 0.188. The van der Waals surface area contributed by atoms with E-state index in [1.807, 2.05) is 10.2 Å². The molecular formula is C9H15IO. The normalized spacial score (nSPS) is 23.1. The standard InChI is InChI=1S/C9H15IO/c10-6-5-9(11)7-8-3-1-2-4-8/h5-6,8-9,11H,1-4,7H2. The lowest BCUT2D eigenvalue weighted by Crippen LogP contribution is -2.07. The van der Waals surface area contributed by atoms with Crippen LogP contribution in [0, 0.1) is 5.92 Å². The molecule has 0 aliphatic heterocycles. The summed E-state index contributed by atoms with van der Waals surface area (Å²) in [5, 5.41) is 9.42. The Morgan fingerprint density at radius 2 is 2.09 bits per heavy atom. The molecule has 1 fully saturated rings. The van der Waals surface area contributed by atoms with Crippen LogP contribution < -0.4 is 0 Å². The van der Waals surface area contributed by atoms with Crippen LogP contribution in [0.25, 0.3) is 0 Å². The lowest BCUT2D eigenvalue weighted by Gasteiger charge is -2.10. The zero-order valence-corrected chi connectivity index (χ0v) is 8.83. The number of rotatable bonds is 3. The van der Waals surface area contributed by atoms with E-state index in [9.17, 15) is 5.11 Å². The third-order valence-corrected chi connectivity index (χ3v) is 2.76. The van der Waals surface area contributed by atoms with Gasteiger partial charge in [-0.25, -0.2) is 0 Å². The molecule has 64 valence electrons. The van der Waals surface area contributed by atoms with Crippen molar-refractivity contribution in [1.82, 2.24) is 0 Å². The van der Waals surface area contributed by atoms with Gasteiger partial charge in [0.1, 0.15) is 0 Å². The maximum atomic E-state index is 9.42. The largest absolute Gasteiger partial charge is 0.389 e. The zero-order chi connectivity index (χ0) is 8.10. The van der Waals surface area contributed by atoms with E-state index in [-0.39, 0.29) is 6.10 Å². The van der Waals surface area contributed by atoms with Crippen molar-refractivity contribution in [3.63, 3.8) is 0 Å². The van der Waals surface area contributed by atoms with Crippen LogP contribution in [-0.4, -0.2) is 11.2 Å². The Morgan fingerprint density at radius 3 is 2.64 bits per heavy atom. The first-order valence-corrected chi connectivity index (χ1v) is 5.52. The van der Waals surface area contributed by atoms with Crippen molar-refractivity contribution in [2.45, 2.75) is 38.2 Å². The number of hydrogen-bond donors (Lipinski definition) is 1. The summed E-state index contributed by atoms with van der Waals surface area (Å²) >= 11 is 2.15. The van der Waals surface area contributed by atoms with E-state index in [1.54, 1.807) is 0 Å². The van der Waals surface area contributed by atoms with Gasteiger partial charge in [0.05, 0.1) is 6.10 Å². The molecule has 1 saturated carbocycles. The summed E-state index contributed by atoms with van der Waals surface area (Å²) in [5.41, 5.74) is 0. The van der Waals surface area contributed by atoms with Gasteiger partial charge in [-0.1, -0.05) is 54.4 Å². The molecule has 11 heavy (non-hydrogen) atoms. The monoisotopic (exact) mass is 266 g/mol. The minimum atomic E-state index is -0.199. The van der Waals surface area contributed by atoms with Gasteiger partial charge >= 0.3 is 0 Å². The van der Waals surface area contributed by atoms with Crippen LogP contribution in [0.1, 0.15) is 32.1 Å². The second kappa shape index (κ2) is 5.14. The minimum absolute atomic E-state index is 0.199. The SMILES string of the molecule is OC(C=CI)CC1CCCC1. The molecule has 1 unspecified atom stereocenters. The predicted octanol–water partition coefficient (Wildman–Crippen LogP) is 2.88. The highest BCUT2D eigenvalue weighted by atomic mass is 127. The van der Waals surface area contributed by atoms with Crippen LogP contribution in [0.2, 0.25) is 0 Å². The van der Waals surface area contributed by atoms with E-state index in [2.05, 4.69) is 22.6 Å². The van der Waals surface area contributed by atoms with Crippen molar-refractivity contribution < 1.29 is 5.11 Å². The Morgan fingerprint density at radius 1 is 1.45 bits per heavy atom. The van der Waals surface area contributed by atoms with Crippen molar-refractivity contribution in [2.75, 3.05) is 0 Å². The highest BCUT2D eigenvalue weighted by molar-refractivity contribution is 14.1. The van der Waals surface area contributed by atoms with Crippen molar-refractivity contribution in [2.24, 2.45) is 5.92 Å². The zero-order valence-electron chi connectivity index (χ0n) is 6.67. The molecule has 0 saturated heterocycles. The van der Waals surface area contributed by atoms with Gasteiger partial charge in [0, 0.05) is 0 Å². The predicted molar refractivity (Wildman–Crippen MR) is 55.7 cm³/mol. The quantitative estimate of drug-likeness (QED) is 0.779. The van der Waals surface area contributed by atoms with Crippen LogP contribution >= 0.6 is 22.6 Å². The maximum absolute atomic E-state index is 9.42. The molecule has 0 heterocycles. The van der Waals surface area contributed by atoms with Crippen molar-refractivity contribution >= 4 is 22.6 Å². The van der Waals surface area contributed by atoms with Gasteiger partial charge in [-0.2, -0.15) is 0 Å². The highest BCUT2D eigenvalue weighted by Gasteiger charge is 2.16. The molecule has 0 aromatic heterocycles. The summed E-state index contributed by atoms with van der Waals surface area (Å²) in [4.78, 5) is 0. The van der Waals surface area contributed by atoms with Crippen molar-refractivity contribution in [3.8, 4) is 0 Å². The van der Waals surface area contributed by atoms with Crippen molar-refractivity contribution in [3.05, 3.63) is 10.2 Å². The first-order chi connectivity index (χ1) is 5.33. The average Bonchev–Trinajstić information content (AvgIpc) is 2.40. The van der Waals surface area contributed by atoms with Gasteiger partial charge in [-0.15, -0.1) is 0 Å². The molecule has 1 nitrogen and oxygen atoms in total. The number of aliphatic hydroxyl groups is 1. The number of halogens is 1. The van der Waals surface area contributed by atoms with Gasteiger partial charge in [0.25, 0.3) is 0 Å². The topological polar surface area (TPSA) is 20.2 Å². The van der Waals surface area contributed by atoms with Gasteiger partial charge in [-0.3, -0.25) is 0 Å². The van der Waals surface area contributed by atoms with Crippen LogP contribution in [0.4, 0.5) is 0 Å². The smallest absolute Gasteiger partial charge is 0.0730 e. The Balaban J connectivity index is 2.18. The van der Waals surface area contributed by atoms with E-state index in [0.717, 1.165) is 12.3 Å². The lowest BCUT2D eigenvalue weighted by atomic mass is 10.0. The van der Waals surface area contributed by atoms with E-state index >= 15 is 0 Å². The van der Waals surface area contributed by atoms with E-state index < -0.39 is 0 Å². The first kappa shape index (κ1) is 9.52. The van der Waals surface area contributed by atoms with Crippen LogP contribution in [0.5, 0.6) is 0 Å². The molecule has 0 spiro atoms. The third kappa shape index (κ3) is 3.56. The molecule has 1 aliphatic rings. The summed E-state index contributed by atoms with van der Waals surface area (Å²) in [5.74, 6) is 0.789. The molecule has 0 amide bonds. The van der Waals surface area contributed by atoms with Crippen LogP contribution in [0.15, 0.2) is 10.2 Å². The molecule has 1 atom stereocenters. The summed E-state index contributed by atoms with van der Waals surface area (Å²) in [6.45, 7) is 0. The molecule has 2 heteroatoms. The fourth-order valence-electron chi connectivity index (χ4n) is 1.75. The van der Waals surface area contributed by atoms with E-state index in [0.29, 0.717) is 0 Å². The second-order valence-corrected chi connectivity index (χ2v) is 3.99. The fraction of sp³-hybridized carbons (Fsp3) is 0.778. The van der Waals surface area contributed by atoms with Crippen LogP contribution in [0.3, 0.4) is 0 Å². The summed E-state index contributed by atoms with van der Waals surface area (Å²) in [6, 6.07) is 0. The minimum Gasteiger partial charge on any atom is -0.389 e. The molecule has 1 rings (SSSR count). The Labute approximate surface area is 82.0 Å². The van der Waals surface area contributed by atoms with Gasteiger partial charge in [0.2, 0.25) is 0 Å². The molecule has 0 aromatic rings. The molecule has 1 N–H and O–H groups in total. The molecule has 0 bridgehead atoms. The van der Waals surface area contributed by atoms with Gasteiger partial charge < -0.3 is 5.11 Å².